The number of aryl methyl sites for hydroxylation is 1. The van der Waals surface area contributed by atoms with Crippen molar-refractivity contribution in [2.45, 2.75) is 44.8 Å². The fourth-order valence-electron chi connectivity index (χ4n) is 4.91. The number of pyridine rings is 1. The molecule has 0 fully saturated rings. The van der Waals surface area contributed by atoms with Gasteiger partial charge in [-0.15, -0.1) is 10.2 Å². The number of fused-ring (bicyclic) bond motifs is 3. The minimum atomic E-state index is -0.932. The highest BCUT2D eigenvalue weighted by molar-refractivity contribution is 5.77. The zero-order valence-corrected chi connectivity index (χ0v) is 18.5. The van der Waals surface area contributed by atoms with Crippen LogP contribution in [-0.4, -0.2) is 48.3 Å². The van der Waals surface area contributed by atoms with E-state index >= 15 is 0 Å². The maximum atomic E-state index is 14.8. The molecule has 8 nitrogen and oxygen atoms in total. The maximum absolute atomic E-state index is 14.8. The van der Waals surface area contributed by atoms with E-state index in [0.717, 1.165) is 28.3 Å². The van der Waals surface area contributed by atoms with Gasteiger partial charge in [0.2, 0.25) is 0 Å². The minimum Gasteiger partial charge on any atom is -0.493 e. The Hall–Kier alpha value is -3.46. The predicted octanol–water partition coefficient (Wildman–Crippen LogP) is 3.16. The molecule has 0 radical (unpaired) electrons. The van der Waals surface area contributed by atoms with E-state index in [4.69, 9.17) is 9.47 Å². The van der Waals surface area contributed by atoms with Crippen molar-refractivity contribution in [1.29, 1.82) is 0 Å². The number of benzene rings is 1. The van der Waals surface area contributed by atoms with Gasteiger partial charge in [0.15, 0.2) is 5.65 Å². The number of rotatable bonds is 3. The van der Waals surface area contributed by atoms with Crippen molar-refractivity contribution in [2.24, 2.45) is 0 Å². The van der Waals surface area contributed by atoms with Crippen molar-refractivity contribution in [2.75, 3.05) is 13.2 Å². The van der Waals surface area contributed by atoms with E-state index in [0.29, 0.717) is 49.6 Å². The van der Waals surface area contributed by atoms with Gasteiger partial charge in [0.1, 0.15) is 23.6 Å². The standard InChI is InChI=1S/C24H24FN5O3/c1-24(2,31)12-30-18(7-8-27-30)16-9-21-19(29-13-26-28-23(16)29)5-3-15-17(25)4-6-20-22(15)14(10-32-20)11-33-21/h4,6-9,13-14,31H,3,5,10-12H2,1-2H3/t14-/m1/s1. The molecule has 0 aliphatic carbocycles. The summed E-state index contributed by atoms with van der Waals surface area (Å²) in [6.45, 7) is 4.66. The van der Waals surface area contributed by atoms with Crippen LogP contribution in [0.1, 0.15) is 36.6 Å². The normalized spacial score (nSPS) is 17.5. The molecule has 170 valence electrons. The molecule has 5 heterocycles. The summed E-state index contributed by atoms with van der Waals surface area (Å²) < 4.78 is 30.6. The molecule has 1 N–H and O–H groups in total. The third-order valence-corrected chi connectivity index (χ3v) is 6.33. The Morgan fingerprint density at radius 1 is 1.15 bits per heavy atom. The van der Waals surface area contributed by atoms with Crippen molar-refractivity contribution in [3.8, 4) is 22.8 Å². The number of hydrogen-bond acceptors (Lipinski definition) is 6. The Morgan fingerprint density at radius 3 is 2.79 bits per heavy atom. The molecule has 1 aromatic carbocycles. The predicted molar refractivity (Wildman–Crippen MR) is 118 cm³/mol. The average Bonchev–Trinajstić information content (AvgIpc) is 3.50. The fraction of sp³-hybridized carbons (Fsp3) is 0.375. The molecule has 0 spiro atoms. The molecule has 6 rings (SSSR count). The Balaban J connectivity index is 1.48. The lowest BCUT2D eigenvalue weighted by molar-refractivity contribution is 0.0583. The molecular weight excluding hydrogens is 425 g/mol. The Bertz CT molecular complexity index is 1370. The van der Waals surface area contributed by atoms with Crippen molar-refractivity contribution in [1.82, 2.24) is 24.4 Å². The lowest BCUT2D eigenvalue weighted by Gasteiger charge is -2.20. The summed E-state index contributed by atoms with van der Waals surface area (Å²) in [7, 11) is 0. The van der Waals surface area contributed by atoms with E-state index in [2.05, 4.69) is 15.3 Å². The maximum Gasteiger partial charge on any atom is 0.170 e. The van der Waals surface area contributed by atoms with E-state index in [1.165, 1.54) is 6.07 Å². The first-order valence-electron chi connectivity index (χ1n) is 11.1. The summed E-state index contributed by atoms with van der Waals surface area (Å²) >= 11 is 0. The average molecular weight is 449 g/mol. The zero-order valence-electron chi connectivity index (χ0n) is 18.5. The van der Waals surface area contributed by atoms with E-state index in [1.807, 2.05) is 16.5 Å². The molecule has 0 saturated heterocycles. The van der Waals surface area contributed by atoms with Crippen molar-refractivity contribution < 1.29 is 19.0 Å². The van der Waals surface area contributed by atoms with Crippen LogP contribution in [0.5, 0.6) is 11.5 Å². The molecule has 3 aromatic heterocycles. The molecule has 1 atom stereocenters. The topological polar surface area (TPSA) is 86.7 Å². The quantitative estimate of drug-likeness (QED) is 0.517. The van der Waals surface area contributed by atoms with E-state index in [-0.39, 0.29) is 11.7 Å². The molecule has 2 aliphatic rings. The molecule has 33 heavy (non-hydrogen) atoms. The second-order valence-corrected chi connectivity index (χ2v) is 9.34. The molecule has 0 unspecified atom stereocenters. The Kier molecular flexibility index (Phi) is 4.45. The van der Waals surface area contributed by atoms with Crippen molar-refractivity contribution >= 4 is 5.65 Å². The van der Waals surface area contributed by atoms with Gasteiger partial charge in [-0.2, -0.15) is 5.10 Å². The van der Waals surface area contributed by atoms with Crippen LogP contribution in [0.2, 0.25) is 0 Å². The highest BCUT2D eigenvalue weighted by atomic mass is 19.1. The first-order chi connectivity index (χ1) is 15.9. The van der Waals surface area contributed by atoms with Gasteiger partial charge in [0.25, 0.3) is 0 Å². The largest absolute Gasteiger partial charge is 0.493 e. The number of aromatic nitrogens is 5. The summed E-state index contributed by atoms with van der Waals surface area (Å²) in [5, 5.41) is 23.2. The van der Waals surface area contributed by atoms with Gasteiger partial charge < -0.3 is 14.6 Å². The fourth-order valence-corrected chi connectivity index (χ4v) is 4.91. The van der Waals surface area contributed by atoms with Crippen LogP contribution in [0.25, 0.3) is 16.9 Å². The van der Waals surface area contributed by atoms with Crippen LogP contribution in [-0.2, 0) is 19.4 Å². The van der Waals surface area contributed by atoms with Gasteiger partial charge >= 0.3 is 0 Å². The monoisotopic (exact) mass is 449 g/mol. The number of nitrogens with zero attached hydrogens (tertiary/aromatic N) is 5. The third kappa shape index (κ3) is 3.34. The van der Waals surface area contributed by atoms with Crippen LogP contribution < -0.4 is 9.47 Å². The SMILES string of the molecule is CC(C)(O)Cn1nccc1-c1cc2c(n3cnnc13)CCc1c(F)ccc3c1[C@H](CO3)CO2. The van der Waals surface area contributed by atoms with E-state index in [9.17, 15) is 9.50 Å². The van der Waals surface area contributed by atoms with Crippen LogP contribution >= 0.6 is 0 Å². The van der Waals surface area contributed by atoms with Crippen LogP contribution in [0.15, 0.2) is 36.8 Å². The van der Waals surface area contributed by atoms with Crippen LogP contribution in [0.4, 0.5) is 4.39 Å². The summed E-state index contributed by atoms with van der Waals surface area (Å²) in [5.74, 6) is 1.21. The number of aliphatic hydroxyl groups is 1. The zero-order chi connectivity index (χ0) is 22.7. The second-order valence-electron chi connectivity index (χ2n) is 9.34. The molecule has 0 amide bonds. The number of hydrogen-bond donors (Lipinski definition) is 1. The Morgan fingerprint density at radius 2 is 1.97 bits per heavy atom. The molecular formula is C24H24FN5O3. The van der Waals surface area contributed by atoms with Gasteiger partial charge in [-0.05, 0) is 56.5 Å². The minimum absolute atomic E-state index is 0.0302. The molecule has 9 heteroatoms. The lowest BCUT2D eigenvalue weighted by atomic mass is 9.93. The van der Waals surface area contributed by atoms with Crippen molar-refractivity contribution in [3.63, 3.8) is 0 Å². The lowest BCUT2D eigenvalue weighted by Crippen LogP contribution is -2.27. The smallest absolute Gasteiger partial charge is 0.170 e. The second kappa shape index (κ2) is 7.28. The summed E-state index contributed by atoms with van der Waals surface area (Å²) in [4.78, 5) is 0. The van der Waals surface area contributed by atoms with E-state index < -0.39 is 5.60 Å². The summed E-state index contributed by atoms with van der Waals surface area (Å²) in [5.41, 5.74) is 3.85. The third-order valence-electron chi connectivity index (χ3n) is 6.33. The summed E-state index contributed by atoms with van der Waals surface area (Å²) in [6, 6.07) is 7.04. The van der Waals surface area contributed by atoms with Gasteiger partial charge in [0, 0.05) is 17.3 Å². The number of ether oxygens (including phenoxy) is 2. The Labute approximate surface area is 189 Å². The molecule has 2 aliphatic heterocycles. The molecule has 0 bridgehead atoms. The highest BCUT2D eigenvalue weighted by Crippen LogP contribution is 2.41. The first-order valence-corrected chi connectivity index (χ1v) is 11.1. The van der Waals surface area contributed by atoms with Gasteiger partial charge in [-0.3, -0.25) is 9.08 Å². The van der Waals surface area contributed by atoms with Gasteiger partial charge in [-0.25, -0.2) is 4.39 Å². The highest BCUT2D eigenvalue weighted by Gasteiger charge is 2.32. The molecule has 4 aromatic rings. The summed E-state index contributed by atoms with van der Waals surface area (Å²) in [6.07, 6.45) is 4.45. The van der Waals surface area contributed by atoms with Crippen molar-refractivity contribution in [3.05, 3.63) is 59.4 Å². The van der Waals surface area contributed by atoms with Gasteiger partial charge in [-0.1, -0.05) is 0 Å². The van der Waals surface area contributed by atoms with E-state index in [1.54, 1.807) is 37.1 Å². The molecule has 0 saturated carbocycles. The number of halogens is 1. The van der Waals surface area contributed by atoms with Gasteiger partial charge in [0.05, 0.1) is 42.7 Å². The van der Waals surface area contributed by atoms with Crippen LogP contribution in [0, 0.1) is 5.82 Å². The van der Waals surface area contributed by atoms with Crippen LogP contribution in [0.3, 0.4) is 0 Å². The first kappa shape index (κ1) is 20.2.